The van der Waals surface area contributed by atoms with Crippen molar-refractivity contribution in [2.75, 3.05) is 12.4 Å². The lowest BCUT2D eigenvalue weighted by Gasteiger charge is -2.22. The van der Waals surface area contributed by atoms with E-state index in [0.717, 1.165) is 23.8 Å². The first-order chi connectivity index (χ1) is 14.6. The molecular formula is C21H29N5O5. The highest BCUT2D eigenvalue weighted by Gasteiger charge is 2.27. The number of alkyl carbamates (subject to hydrolysis) is 1. The van der Waals surface area contributed by atoms with E-state index in [0.29, 0.717) is 11.5 Å². The Balaban J connectivity index is 1.65. The lowest BCUT2D eigenvalue weighted by atomic mass is 10.2. The molecule has 2 aromatic heterocycles. The molecule has 0 aliphatic heterocycles. The molecule has 0 bridgehead atoms. The van der Waals surface area contributed by atoms with Crippen molar-refractivity contribution in [2.45, 2.75) is 57.7 Å². The van der Waals surface area contributed by atoms with Crippen molar-refractivity contribution in [1.82, 2.24) is 19.4 Å². The van der Waals surface area contributed by atoms with Gasteiger partial charge >= 0.3 is 17.3 Å². The molecule has 0 radical (unpaired) electrons. The van der Waals surface area contributed by atoms with Crippen LogP contribution in [0.2, 0.25) is 0 Å². The summed E-state index contributed by atoms with van der Waals surface area (Å²) in [7, 11) is 2.93. The minimum Gasteiger partial charge on any atom is -0.490 e. The van der Waals surface area contributed by atoms with Gasteiger partial charge in [-0.05, 0) is 52.2 Å². The van der Waals surface area contributed by atoms with Gasteiger partial charge < -0.3 is 20.1 Å². The van der Waals surface area contributed by atoms with Gasteiger partial charge in [0.05, 0.1) is 25.2 Å². The molecule has 0 aromatic carbocycles. The number of hydrogen-bond donors (Lipinski definition) is 2. The molecule has 0 spiro atoms. The van der Waals surface area contributed by atoms with Crippen LogP contribution in [0.15, 0.2) is 34.1 Å². The number of aromatic nitrogens is 3. The zero-order valence-electron chi connectivity index (χ0n) is 18.5. The highest BCUT2D eigenvalue weighted by molar-refractivity contribution is 5.68. The van der Waals surface area contributed by atoms with Crippen LogP contribution < -0.4 is 26.6 Å². The largest absolute Gasteiger partial charge is 0.490 e. The third-order valence-electron chi connectivity index (χ3n) is 4.95. The summed E-state index contributed by atoms with van der Waals surface area (Å²) in [6.45, 7) is 5.49. The van der Waals surface area contributed by atoms with Crippen LogP contribution in [-0.2, 0) is 11.8 Å². The van der Waals surface area contributed by atoms with Crippen LogP contribution in [0.25, 0.3) is 5.69 Å². The summed E-state index contributed by atoms with van der Waals surface area (Å²) >= 11 is 0. The molecule has 1 fully saturated rings. The molecule has 1 saturated carbocycles. The molecule has 2 atom stereocenters. The van der Waals surface area contributed by atoms with Gasteiger partial charge in [0.2, 0.25) is 5.75 Å². The Bertz CT molecular complexity index is 1050. The van der Waals surface area contributed by atoms with Gasteiger partial charge in [-0.2, -0.15) is 0 Å². The van der Waals surface area contributed by atoms with Crippen molar-refractivity contribution in [3.8, 4) is 11.4 Å². The Labute approximate surface area is 180 Å². The van der Waals surface area contributed by atoms with E-state index in [4.69, 9.17) is 9.47 Å². The zero-order valence-corrected chi connectivity index (χ0v) is 18.5. The monoisotopic (exact) mass is 431 g/mol. The summed E-state index contributed by atoms with van der Waals surface area (Å²) in [5.74, 6) is 0.693. The van der Waals surface area contributed by atoms with E-state index in [1.54, 1.807) is 19.2 Å². The van der Waals surface area contributed by atoms with Gasteiger partial charge in [-0.25, -0.2) is 19.1 Å². The van der Waals surface area contributed by atoms with Crippen molar-refractivity contribution < 1.29 is 14.3 Å². The molecule has 1 aliphatic carbocycles. The van der Waals surface area contributed by atoms with Gasteiger partial charge in [-0.15, -0.1) is 0 Å². The number of hydrogen-bond acceptors (Lipinski definition) is 7. The first-order valence-corrected chi connectivity index (χ1v) is 10.2. The Morgan fingerprint density at radius 3 is 2.52 bits per heavy atom. The third-order valence-corrected chi connectivity index (χ3v) is 4.95. The molecule has 2 heterocycles. The number of nitrogens with one attached hydrogen (secondary N) is 2. The van der Waals surface area contributed by atoms with Gasteiger partial charge in [0, 0.05) is 19.1 Å². The van der Waals surface area contributed by atoms with Crippen LogP contribution in [0.3, 0.4) is 0 Å². The number of ether oxygens (including phenoxy) is 2. The molecule has 2 aromatic rings. The quantitative estimate of drug-likeness (QED) is 0.741. The van der Waals surface area contributed by atoms with Crippen LogP contribution in [0.1, 0.15) is 40.0 Å². The molecule has 3 rings (SSSR count). The fourth-order valence-electron chi connectivity index (χ4n) is 3.54. The highest BCUT2D eigenvalue weighted by Crippen LogP contribution is 2.23. The Morgan fingerprint density at radius 1 is 1.19 bits per heavy atom. The van der Waals surface area contributed by atoms with Crippen molar-refractivity contribution in [1.29, 1.82) is 0 Å². The van der Waals surface area contributed by atoms with E-state index < -0.39 is 22.9 Å². The number of rotatable bonds is 5. The number of carbonyl (C=O) groups is 1. The molecule has 1 amide bonds. The van der Waals surface area contributed by atoms with Crippen molar-refractivity contribution in [3.63, 3.8) is 0 Å². The number of aryl methyl sites for hydroxylation is 1. The zero-order chi connectivity index (χ0) is 22.8. The SMILES string of the molecule is COc1cn(C)c(=O)n(-c2ccc(N[C@H]3CC[C@H](NC(=O)OC(C)(C)C)C3)nc2)c1=O. The molecule has 168 valence electrons. The second kappa shape index (κ2) is 8.83. The van der Waals surface area contributed by atoms with Crippen molar-refractivity contribution in [3.05, 3.63) is 45.4 Å². The second-order valence-electron chi connectivity index (χ2n) is 8.63. The van der Waals surface area contributed by atoms with Crippen molar-refractivity contribution >= 4 is 11.9 Å². The average molecular weight is 431 g/mol. The number of amides is 1. The molecular weight excluding hydrogens is 402 g/mol. The normalized spacial score (nSPS) is 18.5. The maximum Gasteiger partial charge on any atom is 0.407 e. The lowest BCUT2D eigenvalue weighted by molar-refractivity contribution is 0.0505. The number of carbonyl (C=O) groups excluding carboxylic acids is 1. The van der Waals surface area contributed by atoms with E-state index in [9.17, 15) is 14.4 Å². The second-order valence-corrected chi connectivity index (χ2v) is 8.63. The summed E-state index contributed by atoms with van der Waals surface area (Å²) in [6, 6.07) is 3.55. The Hall–Kier alpha value is -3.30. The summed E-state index contributed by atoms with van der Waals surface area (Å²) in [5.41, 5.74) is -1.20. The molecule has 31 heavy (non-hydrogen) atoms. The molecule has 10 nitrogen and oxygen atoms in total. The molecule has 2 N–H and O–H groups in total. The minimum atomic E-state index is -0.542. The molecule has 0 unspecified atom stereocenters. The number of methoxy groups -OCH3 is 1. The van der Waals surface area contributed by atoms with Crippen LogP contribution in [0.5, 0.6) is 5.75 Å². The first-order valence-electron chi connectivity index (χ1n) is 10.2. The predicted octanol–water partition coefficient (Wildman–Crippen LogP) is 1.80. The Kier molecular flexibility index (Phi) is 6.37. The molecule has 1 aliphatic rings. The Morgan fingerprint density at radius 2 is 1.90 bits per heavy atom. The summed E-state index contributed by atoms with van der Waals surface area (Å²) in [4.78, 5) is 41.2. The van der Waals surface area contributed by atoms with E-state index in [2.05, 4.69) is 15.6 Å². The van der Waals surface area contributed by atoms with E-state index >= 15 is 0 Å². The van der Waals surface area contributed by atoms with Crippen LogP contribution in [0.4, 0.5) is 10.6 Å². The lowest BCUT2D eigenvalue weighted by Crippen LogP contribution is -2.38. The summed E-state index contributed by atoms with van der Waals surface area (Å²) in [5, 5.41) is 6.24. The smallest absolute Gasteiger partial charge is 0.407 e. The summed E-state index contributed by atoms with van der Waals surface area (Å²) < 4.78 is 12.7. The van der Waals surface area contributed by atoms with Crippen LogP contribution in [0, 0.1) is 0 Å². The van der Waals surface area contributed by atoms with Gasteiger partial charge in [-0.3, -0.25) is 9.36 Å². The maximum absolute atomic E-state index is 12.5. The number of nitrogens with zero attached hydrogens (tertiary/aromatic N) is 3. The predicted molar refractivity (Wildman–Crippen MR) is 116 cm³/mol. The fourth-order valence-corrected chi connectivity index (χ4v) is 3.54. The van der Waals surface area contributed by atoms with Gasteiger partial charge in [0.25, 0.3) is 0 Å². The fraction of sp³-hybridized carbons (Fsp3) is 0.524. The topological polar surface area (TPSA) is 116 Å². The van der Waals surface area contributed by atoms with Crippen LogP contribution in [-0.4, -0.2) is 45.0 Å². The number of pyridine rings is 1. The summed E-state index contributed by atoms with van der Waals surface area (Å²) in [6.07, 6.45) is 4.87. The van der Waals surface area contributed by atoms with E-state index in [-0.39, 0.29) is 17.8 Å². The van der Waals surface area contributed by atoms with Crippen LogP contribution >= 0.6 is 0 Å². The average Bonchev–Trinajstić information content (AvgIpc) is 3.11. The first kappa shape index (κ1) is 22.4. The molecule has 0 saturated heterocycles. The highest BCUT2D eigenvalue weighted by atomic mass is 16.6. The molecule has 10 heteroatoms. The minimum absolute atomic E-state index is 0.0324. The van der Waals surface area contributed by atoms with E-state index in [1.165, 1.54) is 24.1 Å². The van der Waals surface area contributed by atoms with Gasteiger partial charge in [0.15, 0.2) is 0 Å². The third kappa shape index (κ3) is 5.44. The van der Waals surface area contributed by atoms with Gasteiger partial charge in [-0.1, -0.05) is 0 Å². The van der Waals surface area contributed by atoms with Crippen molar-refractivity contribution in [2.24, 2.45) is 7.05 Å². The van der Waals surface area contributed by atoms with Gasteiger partial charge in [0.1, 0.15) is 11.4 Å². The number of anilines is 1. The maximum atomic E-state index is 12.5. The van der Waals surface area contributed by atoms with E-state index in [1.807, 2.05) is 20.8 Å². The standard InChI is InChI=1S/C21H29N5O5/c1-21(2,3)31-19(28)24-14-7-6-13(10-14)23-17-9-8-15(11-22-17)26-18(27)16(30-5)12-25(4)20(26)29/h8-9,11-14H,6-7,10H2,1-5H3,(H,22,23)(H,24,28)/t13-,14-/m0/s1.